The van der Waals surface area contributed by atoms with Crippen LogP contribution >= 0.6 is 12.2 Å². The number of hydrogen-bond acceptors (Lipinski definition) is 2. The Morgan fingerprint density at radius 3 is 2.50 bits per heavy atom. The lowest BCUT2D eigenvalue weighted by molar-refractivity contribution is -0.121. The fourth-order valence-electron chi connectivity index (χ4n) is 1.95. The van der Waals surface area contributed by atoms with Crippen LogP contribution in [-0.4, -0.2) is 30.2 Å². The lowest BCUT2D eigenvalue weighted by Crippen LogP contribution is -2.50. The van der Waals surface area contributed by atoms with Crippen LogP contribution in [-0.2, 0) is 4.79 Å². The van der Waals surface area contributed by atoms with E-state index in [4.69, 9.17) is 12.2 Å². The lowest BCUT2D eigenvalue weighted by atomic mass is 9.96. The van der Waals surface area contributed by atoms with Gasteiger partial charge >= 0.3 is 0 Å². The SMILES string of the molecule is CNC(=O)C(C)NC(=S)NC1CCCCC1. The van der Waals surface area contributed by atoms with Crippen LogP contribution in [0.15, 0.2) is 0 Å². The van der Waals surface area contributed by atoms with E-state index in [-0.39, 0.29) is 11.9 Å². The minimum Gasteiger partial charge on any atom is -0.360 e. The molecule has 1 saturated carbocycles. The second-order valence-corrected chi connectivity index (χ2v) is 4.70. The summed E-state index contributed by atoms with van der Waals surface area (Å²) < 4.78 is 0. The Morgan fingerprint density at radius 1 is 1.31 bits per heavy atom. The van der Waals surface area contributed by atoms with Gasteiger partial charge in [-0.2, -0.15) is 0 Å². The summed E-state index contributed by atoms with van der Waals surface area (Å²) in [6.07, 6.45) is 6.22. The molecule has 1 unspecified atom stereocenters. The van der Waals surface area contributed by atoms with Crippen molar-refractivity contribution in [3.63, 3.8) is 0 Å². The molecule has 0 spiro atoms. The molecule has 16 heavy (non-hydrogen) atoms. The van der Waals surface area contributed by atoms with E-state index in [1.54, 1.807) is 14.0 Å². The van der Waals surface area contributed by atoms with Gasteiger partial charge in [0.15, 0.2) is 5.11 Å². The van der Waals surface area contributed by atoms with Gasteiger partial charge < -0.3 is 16.0 Å². The van der Waals surface area contributed by atoms with Crippen LogP contribution in [0.3, 0.4) is 0 Å². The molecule has 0 bridgehead atoms. The molecule has 0 aliphatic heterocycles. The highest BCUT2D eigenvalue weighted by molar-refractivity contribution is 7.80. The number of thiocarbonyl (C=S) groups is 1. The van der Waals surface area contributed by atoms with E-state index < -0.39 is 0 Å². The Balaban J connectivity index is 2.26. The number of nitrogens with one attached hydrogen (secondary N) is 3. The van der Waals surface area contributed by atoms with Crippen molar-refractivity contribution in [1.82, 2.24) is 16.0 Å². The Kier molecular flexibility index (Phi) is 5.52. The van der Waals surface area contributed by atoms with Crippen LogP contribution in [0.25, 0.3) is 0 Å². The molecule has 1 fully saturated rings. The van der Waals surface area contributed by atoms with Crippen LogP contribution in [0.4, 0.5) is 0 Å². The first-order valence-corrected chi connectivity index (χ1v) is 6.33. The molecule has 0 aromatic carbocycles. The predicted octanol–water partition coefficient (Wildman–Crippen LogP) is 0.918. The standard InChI is InChI=1S/C11H21N3OS/c1-8(10(15)12-2)13-11(16)14-9-6-4-3-5-7-9/h8-9H,3-7H2,1-2H3,(H,12,15)(H2,13,14,16). The van der Waals surface area contributed by atoms with Crippen LogP contribution in [0, 0.1) is 0 Å². The first-order chi connectivity index (χ1) is 7.63. The van der Waals surface area contributed by atoms with Crippen molar-refractivity contribution in [2.24, 2.45) is 0 Å². The van der Waals surface area contributed by atoms with Gasteiger partial charge in [-0.1, -0.05) is 19.3 Å². The van der Waals surface area contributed by atoms with E-state index in [1.165, 1.54) is 32.1 Å². The van der Waals surface area contributed by atoms with E-state index in [9.17, 15) is 4.79 Å². The molecule has 0 heterocycles. The summed E-state index contributed by atoms with van der Waals surface area (Å²) in [6.45, 7) is 1.80. The maximum atomic E-state index is 11.3. The van der Waals surface area contributed by atoms with Crippen LogP contribution < -0.4 is 16.0 Å². The number of carbonyl (C=O) groups is 1. The molecule has 1 amide bonds. The van der Waals surface area contributed by atoms with Gasteiger partial charge in [0.25, 0.3) is 0 Å². The summed E-state index contributed by atoms with van der Waals surface area (Å²) in [5.41, 5.74) is 0. The van der Waals surface area contributed by atoms with E-state index in [2.05, 4.69) is 16.0 Å². The van der Waals surface area contributed by atoms with E-state index >= 15 is 0 Å². The minimum absolute atomic E-state index is 0.0483. The average Bonchev–Trinajstić information content (AvgIpc) is 2.29. The summed E-state index contributed by atoms with van der Waals surface area (Å²) in [5.74, 6) is -0.0483. The normalized spacial score (nSPS) is 18.6. The molecule has 0 radical (unpaired) electrons. The number of likely N-dealkylation sites (N-methyl/N-ethyl adjacent to an activating group) is 1. The fourth-order valence-corrected chi connectivity index (χ4v) is 2.30. The molecule has 0 saturated heterocycles. The van der Waals surface area contributed by atoms with Crippen molar-refractivity contribution in [3.05, 3.63) is 0 Å². The summed E-state index contributed by atoms with van der Waals surface area (Å²) in [6, 6.07) is 0.194. The average molecular weight is 243 g/mol. The number of hydrogen-bond donors (Lipinski definition) is 3. The molecule has 4 nitrogen and oxygen atoms in total. The summed E-state index contributed by atoms with van der Waals surface area (Å²) >= 11 is 5.18. The Hall–Kier alpha value is -0.840. The van der Waals surface area contributed by atoms with E-state index in [0.29, 0.717) is 11.2 Å². The van der Waals surface area contributed by atoms with Gasteiger partial charge in [-0.05, 0) is 32.0 Å². The molecular weight excluding hydrogens is 222 g/mol. The number of carbonyl (C=O) groups excluding carboxylic acids is 1. The number of rotatable bonds is 3. The molecule has 1 aliphatic rings. The maximum absolute atomic E-state index is 11.3. The molecule has 0 aromatic heterocycles. The van der Waals surface area contributed by atoms with E-state index in [1.807, 2.05) is 0 Å². The van der Waals surface area contributed by atoms with Gasteiger partial charge in [-0.15, -0.1) is 0 Å². The highest BCUT2D eigenvalue weighted by Gasteiger charge is 2.16. The third-order valence-corrected chi connectivity index (χ3v) is 3.16. The first kappa shape index (κ1) is 13.2. The molecule has 1 rings (SSSR count). The van der Waals surface area contributed by atoms with Crippen molar-refractivity contribution >= 4 is 23.2 Å². The minimum atomic E-state index is -0.284. The monoisotopic (exact) mass is 243 g/mol. The molecule has 0 aromatic rings. The molecule has 1 aliphatic carbocycles. The third kappa shape index (κ3) is 4.35. The highest BCUT2D eigenvalue weighted by atomic mass is 32.1. The van der Waals surface area contributed by atoms with Gasteiger partial charge in [0.1, 0.15) is 6.04 Å². The van der Waals surface area contributed by atoms with Gasteiger partial charge in [0, 0.05) is 13.1 Å². The van der Waals surface area contributed by atoms with Gasteiger partial charge in [0.2, 0.25) is 5.91 Å². The predicted molar refractivity (Wildman–Crippen MR) is 69.3 cm³/mol. The topological polar surface area (TPSA) is 53.2 Å². The Morgan fingerprint density at radius 2 is 1.94 bits per heavy atom. The van der Waals surface area contributed by atoms with E-state index in [0.717, 1.165) is 0 Å². The largest absolute Gasteiger partial charge is 0.360 e. The smallest absolute Gasteiger partial charge is 0.242 e. The van der Waals surface area contributed by atoms with Crippen molar-refractivity contribution < 1.29 is 4.79 Å². The lowest BCUT2D eigenvalue weighted by Gasteiger charge is -2.25. The van der Waals surface area contributed by atoms with Crippen LogP contribution in [0.2, 0.25) is 0 Å². The molecule has 92 valence electrons. The quantitative estimate of drug-likeness (QED) is 0.645. The summed E-state index contributed by atoms with van der Waals surface area (Å²) in [4.78, 5) is 11.3. The second-order valence-electron chi connectivity index (χ2n) is 4.29. The highest BCUT2D eigenvalue weighted by Crippen LogP contribution is 2.17. The summed E-state index contributed by atoms with van der Waals surface area (Å²) in [5, 5.41) is 9.43. The maximum Gasteiger partial charge on any atom is 0.242 e. The molecule has 1 atom stereocenters. The van der Waals surface area contributed by atoms with Crippen molar-refractivity contribution in [2.45, 2.75) is 51.1 Å². The summed E-state index contributed by atoms with van der Waals surface area (Å²) in [7, 11) is 1.62. The second kappa shape index (κ2) is 6.68. The van der Waals surface area contributed by atoms with Gasteiger partial charge in [-0.25, -0.2) is 0 Å². The Bertz CT molecular complexity index is 252. The van der Waals surface area contributed by atoms with Crippen LogP contribution in [0.1, 0.15) is 39.0 Å². The van der Waals surface area contributed by atoms with Crippen molar-refractivity contribution in [2.75, 3.05) is 7.05 Å². The molecular formula is C11H21N3OS. The van der Waals surface area contributed by atoms with Gasteiger partial charge in [0.05, 0.1) is 0 Å². The van der Waals surface area contributed by atoms with Gasteiger partial charge in [-0.3, -0.25) is 4.79 Å². The first-order valence-electron chi connectivity index (χ1n) is 5.92. The van der Waals surface area contributed by atoms with Crippen molar-refractivity contribution in [1.29, 1.82) is 0 Å². The zero-order valence-corrected chi connectivity index (χ0v) is 10.8. The zero-order valence-electron chi connectivity index (χ0n) is 10.0. The Labute approximate surface area is 103 Å². The fraction of sp³-hybridized carbons (Fsp3) is 0.818. The molecule has 5 heteroatoms. The van der Waals surface area contributed by atoms with Crippen molar-refractivity contribution in [3.8, 4) is 0 Å². The zero-order chi connectivity index (χ0) is 12.0. The van der Waals surface area contributed by atoms with Crippen LogP contribution in [0.5, 0.6) is 0 Å². The third-order valence-electron chi connectivity index (χ3n) is 2.93. The number of amides is 1. The molecule has 3 N–H and O–H groups in total.